The van der Waals surface area contributed by atoms with Gasteiger partial charge >= 0.3 is 0 Å². The van der Waals surface area contributed by atoms with Crippen molar-refractivity contribution in [2.24, 2.45) is 0 Å². The Morgan fingerprint density at radius 1 is 1.44 bits per heavy atom. The van der Waals surface area contributed by atoms with Gasteiger partial charge in [0.15, 0.2) is 0 Å². The Morgan fingerprint density at radius 3 is 2.56 bits per heavy atom. The van der Waals surface area contributed by atoms with Gasteiger partial charge in [0.05, 0.1) is 11.0 Å². The van der Waals surface area contributed by atoms with E-state index in [9.17, 15) is 15.2 Å². The van der Waals surface area contributed by atoms with Crippen molar-refractivity contribution < 1.29 is 10.0 Å². The SMILES string of the molecule is C=CC(O)CCCc1ccc([N+](=O)[O-])cc1. The molecule has 0 amide bonds. The number of rotatable bonds is 6. The van der Waals surface area contributed by atoms with Crippen molar-refractivity contribution in [2.45, 2.75) is 25.4 Å². The van der Waals surface area contributed by atoms with E-state index >= 15 is 0 Å². The summed E-state index contributed by atoms with van der Waals surface area (Å²) in [5.74, 6) is 0. The molecule has 4 nitrogen and oxygen atoms in total. The zero-order chi connectivity index (χ0) is 12.0. The second-order valence-electron chi connectivity index (χ2n) is 3.62. The van der Waals surface area contributed by atoms with Gasteiger partial charge in [-0.3, -0.25) is 10.1 Å². The summed E-state index contributed by atoms with van der Waals surface area (Å²) in [7, 11) is 0. The van der Waals surface area contributed by atoms with Gasteiger partial charge in [0.1, 0.15) is 0 Å². The summed E-state index contributed by atoms with van der Waals surface area (Å²) in [4.78, 5) is 10.0. The van der Waals surface area contributed by atoms with E-state index in [0.29, 0.717) is 6.42 Å². The lowest BCUT2D eigenvalue weighted by atomic mass is 10.1. The molecule has 4 heteroatoms. The van der Waals surface area contributed by atoms with Gasteiger partial charge in [-0.25, -0.2) is 0 Å². The summed E-state index contributed by atoms with van der Waals surface area (Å²) in [6.45, 7) is 3.49. The normalized spacial score (nSPS) is 12.1. The lowest BCUT2D eigenvalue weighted by Crippen LogP contribution is -2.01. The molecule has 1 rings (SSSR count). The molecule has 1 unspecified atom stereocenters. The lowest BCUT2D eigenvalue weighted by Gasteiger charge is -2.04. The van der Waals surface area contributed by atoms with Gasteiger partial charge in [0.2, 0.25) is 0 Å². The fourth-order valence-corrected chi connectivity index (χ4v) is 1.42. The van der Waals surface area contributed by atoms with Crippen molar-refractivity contribution in [3.8, 4) is 0 Å². The third-order valence-corrected chi connectivity index (χ3v) is 2.38. The Labute approximate surface area is 94.4 Å². The number of non-ortho nitro benzene ring substituents is 1. The predicted octanol–water partition coefficient (Wildman–Crippen LogP) is 2.46. The van der Waals surface area contributed by atoms with Gasteiger partial charge in [-0.2, -0.15) is 0 Å². The molecule has 0 aliphatic carbocycles. The highest BCUT2D eigenvalue weighted by Crippen LogP contribution is 2.14. The Hall–Kier alpha value is -1.68. The first-order valence-corrected chi connectivity index (χ1v) is 5.17. The maximum Gasteiger partial charge on any atom is 0.269 e. The third kappa shape index (κ3) is 3.82. The van der Waals surface area contributed by atoms with E-state index in [4.69, 9.17) is 0 Å². The summed E-state index contributed by atoms with van der Waals surface area (Å²) in [6.07, 6.45) is 3.36. The minimum Gasteiger partial charge on any atom is -0.389 e. The molecule has 0 saturated heterocycles. The predicted molar refractivity (Wildman–Crippen MR) is 62.2 cm³/mol. The minimum atomic E-state index is -0.460. The van der Waals surface area contributed by atoms with Crippen LogP contribution in [0.3, 0.4) is 0 Å². The second kappa shape index (κ2) is 6.02. The molecule has 0 spiro atoms. The first-order valence-electron chi connectivity index (χ1n) is 5.17. The van der Waals surface area contributed by atoms with E-state index in [1.165, 1.54) is 18.2 Å². The standard InChI is InChI=1S/C12H15NO3/c1-2-12(14)5-3-4-10-6-8-11(9-7-10)13(15)16/h2,6-9,12,14H,1,3-5H2. The highest BCUT2D eigenvalue weighted by atomic mass is 16.6. The molecule has 0 saturated carbocycles. The number of hydrogen-bond donors (Lipinski definition) is 1. The van der Waals surface area contributed by atoms with Gasteiger partial charge in [-0.1, -0.05) is 18.2 Å². The molecule has 86 valence electrons. The van der Waals surface area contributed by atoms with Crippen LogP contribution < -0.4 is 0 Å². The van der Waals surface area contributed by atoms with Gasteiger partial charge in [-0.05, 0) is 24.8 Å². The van der Waals surface area contributed by atoms with E-state index in [-0.39, 0.29) is 5.69 Å². The van der Waals surface area contributed by atoms with Crippen molar-refractivity contribution in [3.05, 3.63) is 52.6 Å². The fourth-order valence-electron chi connectivity index (χ4n) is 1.42. The number of nitro groups is 1. The molecule has 0 fully saturated rings. The van der Waals surface area contributed by atoms with Crippen molar-refractivity contribution >= 4 is 5.69 Å². The maximum atomic E-state index is 10.4. The van der Waals surface area contributed by atoms with Gasteiger partial charge in [-0.15, -0.1) is 6.58 Å². The summed E-state index contributed by atoms with van der Waals surface area (Å²) in [5, 5.41) is 19.7. The van der Waals surface area contributed by atoms with Crippen LogP contribution in [-0.4, -0.2) is 16.1 Å². The zero-order valence-electron chi connectivity index (χ0n) is 9.00. The molecule has 1 aromatic carbocycles. The second-order valence-corrected chi connectivity index (χ2v) is 3.62. The van der Waals surface area contributed by atoms with Crippen LogP contribution in [0.4, 0.5) is 5.69 Å². The average Bonchev–Trinajstić information content (AvgIpc) is 2.29. The van der Waals surface area contributed by atoms with Gasteiger partial charge < -0.3 is 5.11 Å². The monoisotopic (exact) mass is 221 g/mol. The number of aliphatic hydroxyl groups excluding tert-OH is 1. The van der Waals surface area contributed by atoms with E-state index in [1.807, 2.05) is 0 Å². The Morgan fingerprint density at radius 2 is 2.06 bits per heavy atom. The summed E-state index contributed by atoms with van der Waals surface area (Å²) in [6, 6.07) is 6.50. The van der Waals surface area contributed by atoms with Gasteiger partial charge in [0, 0.05) is 12.1 Å². The number of nitro benzene ring substituents is 1. The summed E-state index contributed by atoms with van der Waals surface area (Å²) >= 11 is 0. The van der Waals surface area contributed by atoms with Crippen LogP contribution in [0, 0.1) is 10.1 Å². The number of benzene rings is 1. The number of hydrogen-bond acceptors (Lipinski definition) is 3. The van der Waals surface area contributed by atoms with Crippen molar-refractivity contribution in [1.82, 2.24) is 0 Å². The largest absolute Gasteiger partial charge is 0.389 e. The Bertz CT molecular complexity index is 359. The third-order valence-electron chi connectivity index (χ3n) is 2.38. The number of nitrogens with zero attached hydrogens (tertiary/aromatic N) is 1. The van der Waals surface area contributed by atoms with E-state index in [1.54, 1.807) is 12.1 Å². The fraction of sp³-hybridized carbons (Fsp3) is 0.333. The first-order chi connectivity index (χ1) is 7.63. The van der Waals surface area contributed by atoms with Crippen LogP contribution in [0.2, 0.25) is 0 Å². The minimum absolute atomic E-state index is 0.106. The molecule has 0 aliphatic rings. The summed E-state index contributed by atoms with van der Waals surface area (Å²) in [5.41, 5.74) is 1.15. The molecule has 0 aliphatic heterocycles. The average molecular weight is 221 g/mol. The maximum absolute atomic E-state index is 10.4. The molecule has 0 bridgehead atoms. The van der Waals surface area contributed by atoms with Crippen molar-refractivity contribution in [1.29, 1.82) is 0 Å². The molecule has 0 heterocycles. The summed E-state index contributed by atoms with van der Waals surface area (Å²) < 4.78 is 0. The zero-order valence-corrected chi connectivity index (χ0v) is 9.00. The van der Waals surface area contributed by atoms with Gasteiger partial charge in [0.25, 0.3) is 5.69 Å². The van der Waals surface area contributed by atoms with E-state index in [2.05, 4.69) is 6.58 Å². The van der Waals surface area contributed by atoms with E-state index < -0.39 is 11.0 Å². The molecule has 1 atom stereocenters. The van der Waals surface area contributed by atoms with E-state index in [0.717, 1.165) is 18.4 Å². The van der Waals surface area contributed by atoms with Crippen molar-refractivity contribution in [2.75, 3.05) is 0 Å². The number of aliphatic hydroxyl groups is 1. The lowest BCUT2D eigenvalue weighted by molar-refractivity contribution is -0.384. The molecule has 0 radical (unpaired) electrons. The van der Waals surface area contributed by atoms with Crippen LogP contribution in [-0.2, 0) is 6.42 Å². The van der Waals surface area contributed by atoms with Crippen LogP contribution >= 0.6 is 0 Å². The Kier molecular flexibility index (Phi) is 4.66. The molecular formula is C12H15NO3. The molecule has 0 aromatic heterocycles. The van der Waals surface area contributed by atoms with Crippen LogP contribution in [0.15, 0.2) is 36.9 Å². The molecule has 16 heavy (non-hydrogen) atoms. The quantitative estimate of drug-likeness (QED) is 0.456. The highest BCUT2D eigenvalue weighted by Gasteiger charge is 2.04. The van der Waals surface area contributed by atoms with Crippen LogP contribution in [0.25, 0.3) is 0 Å². The number of aryl methyl sites for hydroxylation is 1. The topological polar surface area (TPSA) is 63.4 Å². The Balaban J connectivity index is 2.43. The first kappa shape index (κ1) is 12.4. The van der Waals surface area contributed by atoms with Crippen LogP contribution in [0.5, 0.6) is 0 Å². The molecule has 1 N–H and O–H groups in total. The highest BCUT2D eigenvalue weighted by molar-refractivity contribution is 5.32. The molecular weight excluding hydrogens is 206 g/mol. The smallest absolute Gasteiger partial charge is 0.269 e. The van der Waals surface area contributed by atoms with Crippen LogP contribution in [0.1, 0.15) is 18.4 Å². The molecule has 1 aromatic rings. The van der Waals surface area contributed by atoms with Crippen molar-refractivity contribution in [3.63, 3.8) is 0 Å².